The molecule has 2 aromatic heterocycles. The molecule has 0 amide bonds. The summed E-state index contributed by atoms with van der Waals surface area (Å²) >= 11 is 0. The second-order valence-electron chi connectivity index (χ2n) is 8.35. The Morgan fingerprint density at radius 2 is 0.735 bits per heavy atom. The van der Waals surface area contributed by atoms with Crippen molar-refractivity contribution in [2.45, 2.75) is 12.8 Å². The van der Waals surface area contributed by atoms with E-state index in [0.29, 0.717) is 0 Å². The number of benzene rings is 4. The van der Waals surface area contributed by atoms with E-state index in [-0.39, 0.29) is 5.92 Å². The molecule has 0 spiro atoms. The number of rotatable bonds is 4. The molecule has 0 aliphatic rings. The fraction of sp³-hybridized carbons (Fsp3) is 0.0667. The van der Waals surface area contributed by atoms with Gasteiger partial charge in [0.2, 0.25) is 0 Å². The normalized spacial score (nSPS) is 11.4. The molecule has 6 aromatic rings. The van der Waals surface area contributed by atoms with Crippen LogP contribution in [-0.4, -0.2) is 19.9 Å². The van der Waals surface area contributed by atoms with Crippen LogP contribution in [0.2, 0.25) is 0 Å². The van der Waals surface area contributed by atoms with Crippen molar-refractivity contribution < 1.29 is 0 Å². The van der Waals surface area contributed by atoms with Gasteiger partial charge in [-0.1, -0.05) is 91.9 Å². The first-order valence-corrected chi connectivity index (χ1v) is 11.4. The molecular formula is C30H22N4. The van der Waals surface area contributed by atoms with Crippen LogP contribution in [0.1, 0.15) is 24.2 Å². The van der Waals surface area contributed by atoms with E-state index in [1.165, 1.54) is 0 Å². The number of fused-ring (bicyclic) bond motifs is 2. The van der Waals surface area contributed by atoms with Crippen LogP contribution in [0.15, 0.2) is 109 Å². The molecule has 0 saturated heterocycles. The van der Waals surface area contributed by atoms with Gasteiger partial charge in [0, 0.05) is 17.0 Å². The Morgan fingerprint density at radius 3 is 1.12 bits per heavy atom. The molecule has 0 N–H and O–H groups in total. The van der Waals surface area contributed by atoms with E-state index in [9.17, 15) is 0 Å². The van der Waals surface area contributed by atoms with Gasteiger partial charge in [0.1, 0.15) is 0 Å². The van der Waals surface area contributed by atoms with Crippen LogP contribution >= 0.6 is 0 Å². The van der Waals surface area contributed by atoms with E-state index in [4.69, 9.17) is 19.9 Å². The van der Waals surface area contributed by atoms with Gasteiger partial charge < -0.3 is 0 Å². The van der Waals surface area contributed by atoms with Gasteiger partial charge in [-0.15, -0.1) is 0 Å². The van der Waals surface area contributed by atoms with Crippen LogP contribution in [-0.2, 0) is 0 Å². The topological polar surface area (TPSA) is 51.6 Å². The molecule has 0 unspecified atom stereocenters. The van der Waals surface area contributed by atoms with Gasteiger partial charge >= 0.3 is 0 Å². The number of para-hydroxylation sites is 4. The number of hydrogen-bond donors (Lipinski definition) is 0. The Morgan fingerprint density at radius 1 is 0.412 bits per heavy atom. The maximum Gasteiger partial charge on any atom is 0.0932 e. The first kappa shape index (κ1) is 20.2. The summed E-state index contributed by atoms with van der Waals surface area (Å²) < 4.78 is 0. The lowest BCUT2D eigenvalue weighted by molar-refractivity contribution is 0.837. The average molecular weight is 439 g/mol. The monoisotopic (exact) mass is 438 g/mol. The minimum absolute atomic E-state index is 0.125. The summed E-state index contributed by atoms with van der Waals surface area (Å²) in [6, 6.07) is 36.5. The highest BCUT2D eigenvalue weighted by molar-refractivity contribution is 5.81. The second-order valence-corrected chi connectivity index (χ2v) is 8.35. The lowest BCUT2D eigenvalue weighted by Gasteiger charge is -2.19. The summed E-state index contributed by atoms with van der Waals surface area (Å²) in [6.07, 6.45) is 0. The van der Waals surface area contributed by atoms with E-state index >= 15 is 0 Å². The smallest absolute Gasteiger partial charge is 0.0932 e. The SMILES string of the molecule is CC(c1nc2ccccc2nc1-c1ccccc1)c1nc2ccccc2nc1-c1ccccc1. The maximum atomic E-state index is 5.11. The third-order valence-corrected chi connectivity index (χ3v) is 6.11. The Hall–Kier alpha value is -4.44. The molecule has 0 radical (unpaired) electrons. The molecule has 4 aromatic carbocycles. The number of nitrogens with zero attached hydrogens (tertiary/aromatic N) is 4. The molecule has 0 aliphatic carbocycles. The summed E-state index contributed by atoms with van der Waals surface area (Å²) in [4.78, 5) is 20.3. The van der Waals surface area contributed by atoms with Gasteiger partial charge in [0.25, 0.3) is 0 Å². The molecule has 0 saturated carbocycles. The third kappa shape index (κ3) is 3.59. The quantitative estimate of drug-likeness (QED) is 0.296. The first-order chi connectivity index (χ1) is 16.8. The highest BCUT2D eigenvalue weighted by Gasteiger charge is 2.24. The Kier molecular flexibility index (Phi) is 5.04. The van der Waals surface area contributed by atoms with E-state index in [0.717, 1.165) is 56.0 Å². The van der Waals surface area contributed by atoms with Gasteiger partial charge in [-0.3, -0.25) is 0 Å². The van der Waals surface area contributed by atoms with Crippen LogP contribution in [0.4, 0.5) is 0 Å². The van der Waals surface area contributed by atoms with Crippen molar-refractivity contribution >= 4 is 22.1 Å². The van der Waals surface area contributed by atoms with Crippen LogP contribution in [0.3, 0.4) is 0 Å². The second kappa shape index (κ2) is 8.49. The molecule has 4 heteroatoms. The summed E-state index contributed by atoms with van der Waals surface area (Å²) in [6.45, 7) is 2.15. The molecule has 0 fully saturated rings. The molecule has 0 bridgehead atoms. The molecule has 2 heterocycles. The highest BCUT2D eigenvalue weighted by Crippen LogP contribution is 2.36. The molecular weight excluding hydrogens is 416 g/mol. The maximum absolute atomic E-state index is 5.11. The summed E-state index contributed by atoms with van der Waals surface area (Å²) in [5.74, 6) is -0.125. The third-order valence-electron chi connectivity index (χ3n) is 6.11. The van der Waals surface area contributed by atoms with E-state index in [2.05, 4.69) is 31.2 Å². The molecule has 4 nitrogen and oxygen atoms in total. The fourth-order valence-electron chi connectivity index (χ4n) is 4.38. The Labute approximate surface area is 198 Å². The van der Waals surface area contributed by atoms with Crippen LogP contribution < -0.4 is 0 Å². The van der Waals surface area contributed by atoms with E-state index in [1.54, 1.807) is 0 Å². The predicted molar refractivity (Wildman–Crippen MR) is 137 cm³/mol. The van der Waals surface area contributed by atoms with Crippen molar-refractivity contribution in [1.29, 1.82) is 0 Å². The van der Waals surface area contributed by atoms with Gasteiger partial charge in [-0.25, -0.2) is 19.9 Å². The van der Waals surface area contributed by atoms with Gasteiger partial charge in [-0.2, -0.15) is 0 Å². The van der Waals surface area contributed by atoms with Gasteiger partial charge in [0.15, 0.2) is 0 Å². The number of aromatic nitrogens is 4. The molecule has 0 aliphatic heterocycles. The van der Waals surface area contributed by atoms with Crippen LogP contribution in [0, 0.1) is 0 Å². The summed E-state index contributed by atoms with van der Waals surface area (Å²) in [5.41, 5.74) is 9.13. The average Bonchev–Trinajstić information content (AvgIpc) is 2.92. The van der Waals surface area contributed by atoms with Crippen molar-refractivity contribution in [3.05, 3.63) is 121 Å². The van der Waals surface area contributed by atoms with Crippen molar-refractivity contribution in [3.8, 4) is 22.5 Å². The standard InChI is InChI=1S/C30H22N4/c1-20(27-29(21-12-4-2-5-13-21)33-25-18-10-8-16-23(25)31-27)28-30(22-14-6-3-7-15-22)34-26-19-11-9-17-24(26)32-28/h2-20H,1H3. The van der Waals surface area contributed by atoms with Crippen molar-refractivity contribution in [2.75, 3.05) is 0 Å². The van der Waals surface area contributed by atoms with Gasteiger partial charge in [-0.05, 0) is 24.3 Å². The van der Waals surface area contributed by atoms with Gasteiger partial charge in [0.05, 0.1) is 44.8 Å². The predicted octanol–water partition coefficient (Wildman–Crippen LogP) is 7.06. The zero-order valence-electron chi connectivity index (χ0n) is 18.8. The molecule has 6 rings (SSSR count). The highest BCUT2D eigenvalue weighted by atomic mass is 14.9. The molecule has 0 atom stereocenters. The fourth-order valence-corrected chi connectivity index (χ4v) is 4.38. The van der Waals surface area contributed by atoms with Crippen molar-refractivity contribution in [1.82, 2.24) is 19.9 Å². The zero-order valence-corrected chi connectivity index (χ0v) is 18.8. The summed E-state index contributed by atoms with van der Waals surface area (Å²) in [7, 11) is 0. The van der Waals surface area contributed by atoms with E-state index < -0.39 is 0 Å². The Balaban J connectivity index is 1.62. The largest absolute Gasteiger partial charge is 0.248 e. The van der Waals surface area contributed by atoms with Crippen LogP contribution in [0.25, 0.3) is 44.6 Å². The van der Waals surface area contributed by atoms with Crippen molar-refractivity contribution in [3.63, 3.8) is 0 Å². The lowest BCUT2D eigenvalue weighted by atomic mass is 9.94. The lowest BCUT2D eigenvalue weighted by Crippen LogP contribution is -2.09. The zero-order chi connectivity index (χ0) is 22.9. The molecule has 162 valence electrons. The summed E-state index contributed by atoms with van der Waals surface area (Å²) in [5, 5.41) is 0. The Bertz CT molecular complexity index is 1490. The molecule has 34 heavy (non-hydrogen) atoms. The van der Waals surface area contributed by atoms with E-state index in [1.807, 2.05) is 84.9 Å². The minimum Gasteiger partial charge on any atom is -0.248 e. The van der Waals surface area contributed by atoms with Crippen LogP contribution in [0.5, 0.6) is 0 Å². The minimum atomic E-state index is -0.125. The van der Waals surface area contributed by atoms with Crippen molar-refractivity contribution in [2.24, 2.45) is 0 Å². The number of hydrogen-bond acceptors (Lipinski definition) is 4. The first-order valence-electron chi connectivity index (χ1n) is 11.4.